The average molecular weight is 457 g/mol. The van der Waals surface area contributed by atoms with E-state index >= 15 is 0 Å². The monoisotopic (exact) mass is 456 g/mol. The second-order valence-corrected chi connectivity index (χ2v) is 7.98. The van der Waals surface area contributed by atoms with Crippen molar-refractivity contribution in [2.45, 2.75) is 19.3 Å². The molecule has 166 valence electrons. The predicted octanol–water partition coefficient (Wildman–Crippen LogP) is 3.87. The van der Waals surface area contributed by atoms with Crippen molar-refractivity contribution in [3.8, 4) is 11.4 Å². The number of fused-ring (bicyclic) bond motifs is 1. The highest BCUT2D eigenvalue weighted by Crippen LogP contribution is 2.30. The van der Waals surface area contributed by atoms with Crippen LogP contribution in [0.3, 0.4) is 0 Å². The van der Waals surface area contributed by atoms with Gasteiger partial charge in [0.15, 0.2) is 5.69 Å². The number of anilines is 1. The Balaban J connectivity index is 1.54. The third-order valence-corrected chi connectivity index (χ3v) is 5.61. The molecule has 1 N–H and O–H groups in total. The summed E-state index contributed by atoms with van der Waals surface area (Å²) < 4.78 is 21.1. The molecule has 4 rings (SSSR count). The van der Waals surface area contributed by atoms with E-state index in [0.717, 1.165) is 17.7 Å². The number of aromatic nitrogens is 2. The molecule has 9 heteroatoms. The number of ether oxygens (including phenoxy) is 1. The largest absolute Gasteiger partial charge is 0.495 e. The Morgan fingerprint density at radius 1 is 1.25 bits per heavy atom. The number of halogens is 2. The maximum Gasteiger partial charge on any atom is 0.274 e. The highest BCUT2D eigenvalue weighted by atomic mass is 35.5. The fourth-order valence-electron chi connectivity index (χ4n) is 3.87. The van der Waals surface area contributed by atoms with E-state index in [-0.39, 0.29) is 12.2 Å². The van der Waals surface area contributed by atoms with Crippen LogP contribution in [0.5, 0.6) is 5.75 Å². The average Bonchev–Trinajstić information content (AvgIpc) is 3.37. The number of carbonyl (C=O) groups excluding carboxylic acids is 2. The van der Waals surface area contributed by atoms with Crippen LogP contribution in [0.25, 0.3) is 5.69 Å². The Hall–Kier alpha value is -3.39. The summed E-state index contributed by atoms with van der Waals surface area (Å²) >= 11 is 6.00. The van der Waals surface area contributed by atoms with Crippen LogP contribution < -0.4 is 10.1 Å². The number of nitrogens with zero attached hydrogens (tertiary/aromatic N) is 3. The molecule has 1 aliphatic rings. The van der Waals surface area contributed by atoms with Gasteiger partial charge in [-0.3, -0.25) is 9.59 Å². The summed E-state index contributed by atoms with van der Waals surface area (Å²) in [7, 11) is 3.02. The number of hydrogen-bond donors (Lipinski definition) is 1. The van der Waals surface area contributed by atoms with Crippen molar-refractivity contribution in [1.82, 2.24) is 14.7 Å². The van der Waals surface area contributed by atoms with Crippen LogP contribution in [-0.2, 0) is 17.6 Å². The molecule has 0 aliphatic heterocycles. The van der Waals surface area contributed by atoms with Crippen LogP contribution in [0.1, 0.15) is 28.2 Å². The molecule has 0 spiro atoms. The zero-order valence-electron chi connectivity index (χ0n) is 17.7. The molecule has 0 bridgehead atoms. The molecule has 0 saturated carbocycles. The number of likely N-dealkylation sites (N-methyl/N-ethyl adjacent to an activating group) is 1. The Morgan fingerprint density at radius 3 is 2.78 bits per heavy atom. The number of methoxy groups -OCH3 is 1. The molecule has 0 unspecified atom stereocenters. The fraction of sp³-hybridized carbons (Fsp3) is 0.261. The highest BCUT2D eigenvalue weighted by molar-refractivity contribution is 6.31. The zero-order valence-corrected chi connectivity index (χ0v) is 18.4. The van der Waals surface area contributed by atoms with E-state index in [4.69, 9.17) is 16.3 Å². The third kappa shape index (κ3) is 4.18. The highest BCUT2D eigenvalue weighted by Gasteiger charge is 2.29. The molecular formula is C23H22ClFN4O3. The lowest BCUT2D eigenvalue weighted by Gasteiger charge is -2.17. The zero-order chi connectivity index (χ0) is 22.8. The third-order valence-electron chi connectivity index (χ3n) is 5.38. The quantitative estimate of drug-likeness (QED) is 0.611. The van der Waals surface area contributed by atoms with Gasteiger partial charge in [-0.15, -0.1) is 0 Å². The molecule has 3 aromatic rings. The van der Waals surface area contributed by atoms with E-state index in [1.54, 1.807) is 36.4 Å². The molecule has 0 fully saturated rings. The normalized spacial score (nSPS) is 12.4. The first kappa shape index (κ1) is 21.8. The summed E-state index contributed by atoms with van der Waals surface area (Å²) in [5.74, 6) is -0.761. The molecule has 2 amide bonds. The van der Waals surface area contributed by atoms with Gasteiger partial charge in [0.05, 0.1) is 19.3 Å². The van der Waals surface area contributed by atoms with Gasteiger partial charge in [0.25, 0.3) is 5.91 Å². The number of para-hydroxylation sites is 1. The SMILES string of the molecule is COc1ccc(Cl)cc1NC(=O)CN(C)C(=O)c1nn(-c2ccccc2F)c2c1CCC2. The lowest BCUT2D eigenvalue weighted by molar-refractivity contribution is -0.116. The minimum atomic E-state index is -0.411. The number of nitrogens with one attached hydrogen (secondary N) is 1. The summed E-state index contributed by atoms with van der Waals surface area (Å²) in [5.41, 5.74) is 2.60. The molecule has 1 aromatic heterocycles. The van der Waals surface area contributed by atoms with Crippen molar-refractivity contribution < 1.29 is 18.7 Å². The van der Waals surface area contributed by atoms with Crippen LogP contribution in [0.2, 0.25) is 5.02 Å². The van der Waals surface area contributed by atoms with Crippen molar-refractivity contribution in [3.05, 3.63) is 70.3 Å². The smallest absolute Gasteiger partial charge is 0.274 e. The summed E-state index contributed by atoms with van der Waals surface area (Å²) in [6, 6.07) is 11.2. The molecule has 0 radical (unpaired) electrons. The van der Waals surface area contributed by atoms with E-state index in [1.807, 2.05) is 0 Å². The Bertz CT molecular complexity index is 1190. The second-order valence-electron chi connectivity index (χ2n) is 7.54. The molecule has 1 aliphatic carbocycles. The number of amides is 2. The van der Waals surface area contributed by atoms with Crippen molar-refractivity contribution >= 4 is 29.1 Å². The maximum atomic E-state index is 14.4. The molecular weight excluding hydrogens is 435 g/mol. The van der Waals surface area contributed by atoms with Gasteiger partial charge in [0.1, 0.15) is 17.3 Å². The molecule has 32 heavy (non-hydrogen) atoms. The van der Waals surface area contributed by atoms with Gasteiger partial charge < -0.3 is 15.0 Å². The molecule has 0 atom stereocenters. The minimum absolute atomic E-state index is 0.199. The summed E-state index contributed by atoms with van der Waals surface area (Å²) in [6.45, 7) is -0.199. The second kappa shape index (κ2) is 9.00. The number of benzene rings is 2. The summed E-state index contributed by atoms with van der Waals surface area (Å²) in [5, 5.41) is 7.59. The van der Waals surface area contributed by atoms with Crippen LogP contribution in [-0.4, -0.2) is 47.2 Å². The van der Waals surface area contributed by atoms with E-state index in [2.05, 4.69) is 10.4 Å². The van der Waals surface area contributed by atoms with Gasteiger partial charge in [-0.25, -0.2) is 9.07 Å². The molecule has 0 saturated heterocycles. The van der Waals surface area contributed by atoms with Crippen LogP contribution >= 0.6 is 11.6 Å². The first-order chi connectivity index (χ1) is 15.4. The first-order valence-corrected chi connectivity index (χ1v) is 10.5. The van der Waals surface area contributed by atoms with E-state index in [0.29, 0.717) is 35.0 Å². The van der Waals surface area contributed by atoms with Gasteiger partial charge in [-0.1, -0.05) is 23.7 Å². The topological polar surface area (TPSA) is 76.5 Å². The standard InChI is InChI=1S/C23H22ClFN4O3/c1-28(13-21(30)26-17-12-14(24)10-11-20(17)32-2)23(31)22-15-6-5-9-18(15)29(27-22)19-8-4-3-7-16(19)25/h3-4,7-8,10-12H,5-6,9,13H2,1-2H3,(H,26,30). The van der Waals surface area contributed by atoms with Crippen molar-refractivity contribution in [3.63, 3.8) is 0 Å². The lowest BCUT2D eigenvalue weighted by atomic mass is 10.2. The molecule has 7 nitrogen and oxygen atoms in total. The molecule has 1 heterocycles. The summed E-state index contributed by atoms with van der Waals surface area (Å²) in [4.78, 5) is 27.0. The Kier molecular flexibility index (Phi) is 6.14. The van der Waals surface area contributed by atoms with Crippen molar-refractivity contribution in [2.75, 3.05) is 26.0 Å². The Morgan fingerprint density at radius 2 is 2.03 bits per heavy atom. The number of carbonyl (C=O) groups is 2. The fourth-order valence-corrected chi connectivity index (χ4v) is 4.04. The predicted molar refractivity (Wildman–Crippen MR) is 119 cm³/mol. The van der Waals surface area contributed by atoms with Crippen LogP contribution in [0, 0.1) is 5.82 Å². The Labute approximate surface area is 189 Å². The van der Waals surface area contributed by atoms with Gasteiger partial charge in [-0.2, -0.15) is 5.10 Å². The number of rotatable bonds is 6. The maximum absolute atomic E-state index is 14.4. The molecule has 2 aromatic carbocycles. The van der Waals surface area contributed by atoms with E-state index in [1.165, 1.54) is 29.8 Å². The van der Waals surface area contributed by atoms with Crippen molar-refractivity contribution in [1.29, 1.82) is 0 Å². The van der Waals surface area contributed by atoms with Crippen molar-refractivity contribution in [2.24, 2.45) is 0 Å². The van der Waals surface area contributed by atoms with Gasteiger partial charge >= 0.3 is 0 Å². The lowest BCUT2D eigenvalue weighted by Crippen LogP contribution is -2.35. The van der Waals surface area contributed by atoms with E-state index in [9.17, 15) is 14.0 Å². The van der Waals surface area contributed by atoms with Crippen LogP contribution in [0.4, 0.5) is 10.1 Å². The van der Waals surface area contributed by atoms with Gasteiger partial charge in [0.2, 0.25) is 5.91 Å². The number of hydrogen-bond acceptors (Lipinski definition) is 4. The summed E-state index contributed by atoms with van der Waals surface area (Å²) in [6.07, 6.45) is 2.26. The first-order valence-electron chi connectivity index (χ1n) is 10.1. The van der Waals surface area contributed by atoms with E-state index < -0.39 is 17.6 Å². The minimum Gasteiger partial charge on any atom is -0.495 e. The van der Waals surface area contributed by atoms with Crippen LogP contribution in [0.15, 0.2) is 42.5 Å². The van der Waals surface area contributed by atoms with Gasteiger partial charge in [0, 0.05) is 23.3 Å². The van der Waals surface area contributed by atoms with Gasteiger partial charge in [-0.05, 0) is 49.6 Å².